The van der Waals surface area contributed by atoms with Crippen LogP contribution in [0, 0.1) is 23.2 Å². The molecule has 1 unspecified atom stereocenters. The second kappa shape index (κ2) is 3.92. The first-order valence-corrected chi connectivity index (χ1v) is 5.81. The number of nitriles is 1. The van der Waals surface area contributed by atoms with Crippen LogP contribution in [0.1, 0.15) is 12.5 Å². The second-order valence-electron chi connectivity index (χ2n) is 4.19. The summed E-state index contributed by atoms with van der Waals surface area (Å²) in [5.74, 6) is 0.148. The van der Waals surface area contributed by atoms with E-state index in [4.69, 9.17) is 23.2 Å². The van der Waals surface area contributed by atoms with E-state index in [1.165, 1.54) is 0 Å². The summed E-state index contributed by atoms with van der Waals surface area (Å²) < 4.78 is 0. The Labute approximate surface area is 104 Å². The van der Waals surface area contributed by atoms with Gasteiger partial charge in [-0.25, -0.2) is 0 Å². The maximum absolute atomic E-state index is 9.30. The van der Waals surface area contributed by atoms with E-state index in [2.05, 4.69) is 6.07 Å². The largest absolute Gasteiger partial charge is 0.396 e. The van der Waals surface area contributed by atoms with Crippen LogP contribution in [-0.2, 0) is 5.41 Å². The lowest BCUT2D eigenvalue weighted by atomic mass is 9.93. The fraction of sp³-hybridized carbons (Fsp3) is 0.417. The van der Waals surface area contributed by atoms with Crippen LogP contribution in [0.3, 0.4) is 0 Å². The highest BCUT2D eigenvalue weighted by atomic mass is 35.5. The quantitative estimate of drug-likeness (QED) is 0.883. The highest BCUT2D eigenvalue weighted by Gasteiger charge is 2.63. The number of rotatable bonds is 2. The third-order valence-electron chi connectivity index (χ3n) is 3.58. The van der Waals surface area contributed by atoms with Crippen LogP contribution in [-0.4, -0.2) is 11.7 Å². The monoisotopic (exact) mass is 255 g/mol. The molecule has 1 N–H and O–H groups in total. The maximum Gasteiger partial charge on any atom is 0.0905 e. The van der Waals surface area contributed by atoms with Gasteiger partial charge in [-0.05, 0) is 23.6 Å². The van der Waals surface area contributed by atoms with Crippen LogP contribution in [0.2, 0.25) is 10.0 Å². The number of benzene rings is 1. The van der Waals surface area contributed by atoms with Crippen molar-refractivity contribution in [3.63, 3.8) is 0 Å². The Morgan fingerprint density at radius 2 is 2.12 bits per heavy atom. The Bertz CT molecular complexity index is 469. The minimum atomic E-state index is -0.594. The lowest BCUT2D eigenvalue weighted by molar-refractivity contribution is 0.265. The molecule has 0 radical (unpaired) electrons. The molecule has 1 aromatic rings. The Balaban J connectivity index is 2.45. The minimum Gasteiger partial charge on any atom is -0.396 e. The molecule has 3 atom stereocenters. The molecular weight excluding hydrogens is 245 g/mol. The van der Waals surface area contributed by atoms with Crippen LogP contribution in [0.4, 0.5) is 0 Å². The van der Waals surface area contributed by atoms with Gasteiger partial charge in [0.1, 0.15) is 0 Å². The zero-order valence-electron chi connectivity index (χ0n) is 8.74. The molecule has 2 nitrogen and oxygen atoms in total. The number of nitrogens with zero attached hydrogens (tertiary/aromatic N) is 1. The molecule has 16 heavy (non-hydrogen) atoms. The average Bonchev–Trinajstić information content (AvgIpc) is 2.88. The van der Waals surface area contributed by atoms with Gasteiger partial charge in [-0.2, -0.15) is 5.26 Å². The van der Waals surface area contributed by atoms with Crippen molar-refractivity contribution in [2.24, 2.45) is 11.8 Å². The van der Waals surface area contributed by atoms with Gasteiger partial charge < -0.3 is 5.11 Å². The highest BCUT2D eigenvalue weighted by molar-refractivity contribution is 6.42. The van der Waals surface area contributed by atoms with Gasteiger partial charge in [-0.3, -0.25) is 0 Å². The molecule has 4 heteroatoms. The molecule has 0 heterocycles. The normalized spacial score (nSPS) is 32.2. The van der Waals surface area contributed by atoms with E-state index in [-0.39, 0.29) is 18.4 Å². The summed E-state index contributed by atoms with van der Waals surface area (Å²) in [6, 6.07) is 7.53. The van der Waals surface area contributed by atoms with Crippen molar-refractivity contribution in [1.29, 1.82) is 5.26 Å². The molecule has 0 aromatic heterocycles. The first kappa shape index (κ1) is 11.7. The van der Waals surface area contributed by atoms with E-state index in [1.54, 1.807) is 12.1 Å². The molecule has 0 aliphatic heterocycles. The van der Waals surface area contributed by atoms with Crippen molar-refractivity contribution in [2.75, 3.05) is 6.61 Å². The van der Waals surface area contributed by atoms with Crippen LogP contribution in [0.15, 0.2) is 18.2 Å². The molecular formula is C12H11Cl2NO. The Kier molecular flexibility index (Phi) is 2.88. The number of aliphatic hydroxyl groups excluding tert-OH is 1. The molecule has 0 spiro atoms. The predicted molar refractivity (Wildman–Crippen MR) is 63.5 cm³/mol. The summed E-state index contributed by atoms with van der Waals surface area (Å²) in [5.41, 5.74) is 0.249. The SMILES string of the molecule is C[C@@H]1C(CO)[C@]1(C#N)c1ccc(Cl)c(Cl)c1. The molecule has 1 saturated carbocycles. The van der Waals surface area contributed by atoms with Gasteiger partial charge in [-0.1, -0.05) is 36.2 Å². The number of hydrogen-bond donors (Lipinski definition) is 1. The summed E-state index contributed by atoms with van der Waals surface area (Å²) in [4.78, 5) is 0. The third kappa shape index (κ3) is 1.43. The minimum absolute atomic E-state index is 0.00487. The predicted octanol–water partition coefficient (Wildman–Crippen LogP) is 3.01. The standard InChI is InChI=1S/C12H11Cl2NO/c1-7-9(5-16)12(7,6-15)8-2-3-10(13)11(14)4-8/h2-4,7,9,16H,5H2,1H3/t7-,9?,12+/m1/s1. The third-order valence-corrected chi connectivity index (χ3v) is 4.32. The van der Waals surface area contributed by atoms with Crippen molar-refractivity contribution in [2.45, 2.75) is 12.3 Å². The van der Waals surface area contributed by atoms with Gasteiger partial charge in [-0.15, -0.1) is 0 Å². The van der Waals surface area contributed by atoms with Gasteiger partial charge in [0.25, 0.3) is 0 Å². The van der Waals surface area contributed by atoms with E-state index in [0.717, 1.165) is 5.56 Å². The molecule has 84 valence electrons. The fourth-order valence-electron chi connectivity index (χ4n) is 2.43. The lowest BCUT2D eigenvalue weighted by Crippen LogP contribution is -2.10. The summed E-state index contributed by atoms with van der Waals surface area (Å²) >= 11 is 11.8. The molecule has 1 aliphatic rings. The molecule has 0 bridgehead atoms. The topological polar surface area (TPSA) is 44.0 Å². The van der Waals surface area contributed by atoms with E-state index in [9.17, 15) is 10.4 Å². The summed E-state index contributed by atoms with van der Waals surface area (Å²) in [6.45, 7) is 1.99. The van der Waals surface area contributed by atoms with Gasteiger partial charge in [0.2, 0.25) is 0 Å². The molecule has 1 aromatic carbocycles. The molecule has 1 aliphatic carbocycles. The zero-order valence-corrected chi connectivity index (χ0v) is 10.3. The van der Waals surface area contributed by atoms with Crippen LogP contribution < -0.4 is 0 Å². The van der Waals surface area contributed by atoms with Crippen molar-refractivity contribution < 1.29 is 5.11 Å². The number of hydrogen-bond acceptors (Lipinski definition) is 2. The maximum atomic E-state index is 9.30. The molecule has 2 rings (SSSR count). The van der Waals surface area contributed by atoms with Gasteiger partial charge >= 0.3 is 0 Å². The van der Waals surface area contributed by atoms with Crippen molar-refractivity contribution in [3.05, 3.63) is 33.8 Å². The first-order chi connectivity index (χ1) is 7.57. The van der Waals surface area contributed by atoms with E-state index >= 15 is 0 Å². The summed E-state index contributed by atoms with van der Waals surface area (Å²) in [7, 11) is 0. The molecule has 0 amide bonds. The van der Waals surface area contributed by atoms with E-state index < -0.39 is 5.41 Å². The fourth-order valence-corrected chi connectivity index (χ4v) is 2.73. The van der Waals surface area contributed by atoms with E-state index in [0.29, 0.717) is 10.0 Å². The summed E-state index contributed by atoms with van der Waals surface area (Å²) in [5, 5.41) is 19.5. The number of halogens is 2. The Morgan fingerprint density at radius 3 is 2.56 bits per heavy atom. The first-order valence-electron chi connectivity index (χ1n) is 5.05. The second-order valence-corrected chi connectivity index (χ2v) is 5.00. The Hall–Kier alpha value is -0.750. The van der Waals surface area contributed by atoms with Gasteiger partial charge in [0, 0.05) is 12.5 Å². The average molecular weight is 256 g/mol. The number of aliphatic hydroxyl groups is 1. The lowest BCUT2D eigenvalue weighted by Gasteiger charge is -2.10. The van der Waals surface area contributed by atoms with Crippen LogP contribution in [0.5, 0.6) is 0 Å². The van der Waals surface area contributed by atoms with Crippen molar-refractivity contribution >= 4 is 23.2 Å². The smallest absolute Gasteiger partial charge is 0.0905 e. The summed E-state index contributed by atoms with van der Waals surface area (Å²) in [6.07, 6.45) is 0. The Morgan fingerprint density at radius 1 is 1.44 bits per heavy atom. The van der Waals surface area contributed by atoms with Gasteiger partial charge in [0.05, 0.1) is 21.5 Å². The zero-order chi connectivity index (χ0) is 11.9. The van der Waals surface area contributed by atoms with E-state index in [1.807, 2.05) is 13.0 Å². The van der Waals surface area contributed by atoms with Crippen LogP contribution in [0.25, 0.3) is 0 Å². The molecule has 0 saturated heterocycles. The molecule has 1 fully saturated rings. The van der Waals surface area contributed by atoms with Crippen molar-refractivity contribution in [1.82, 2.24) is 0 Å². The van der Waals surface area contributed by atoms with Gasteiger partial charge in [0.15, 0.2) is 0 Å². The van der Waals surface area contributed by atoms with Crippen LogP contribution >= 0.6 is 23.2 Å². The highest BCUT2D eigenvalue weighted by Crippen LogP contribution is 2.59. The van der Waals surface area contributed by atoms with Crippen molar-refractivity contribution in [3.8, 4) is 6.07 Å².